The third kappa shape index (κ3) is 4.56. The number of aliphatic hydroxyl groups is 1. The minimum atomic E-state index is -0.809. The van der Waals surface area contributed by atoms with Gasteiger partial charge in [-0.1, -0.05) is 33.6 Å². The third-order valence-corrected chi connectivity index (χ3v) is 3.93. The average Bonchev–Trinajstić information content (AvgIpc) is 2.84. The summed E-state index contributed by atoms with van der Waals surface area (Å²) in [5.41, 5.74) is 0.325. The Hall–Kier alpha value is -1.36. The molecule has 1 fully saturated rings. The molecule has 1 aromatic heterocycles. The van der Waals surface area contributed by atoms with Gasteiger partial charge in [0, 0.05) is 13.1 Å². The van der Waals surface area contributed by atoms with Gasteiger partial charge in [0.25, 0.3) is 0 Å². The first kappa shape index (κ1) is 16.0. The largest absolute Gasteiger partial charge is 0.389 e. The Morgan fingerprint density at radius 1 is 1.43 bits per heavy atom. The number of hydrogen-bond donors (Lipinski definition) is 2. The Balaban J connectivity index is 1.97. The van der Waals surface area contributed by atoms with E-state index in [0.29, 0.717) is 5.82 Å². The molecule has 5 heteroatoms. The number of aromatic nitrogens is 2. The summed E-state index contributed by atoms with van der Waals surface area (Å²) in [6.07, 6.45) is 4.49. The van der Waals surface area contributed by atoms with Gasteiger partial charge in [-0.25, -0.2) is 0 Å². The van der Waals surface area contributed by atoms with E-state index in [2.05, 4.69) is 31.2 Å². The van der Waals surface area contributed by atoms with Crippen LogP contribution in [0.5, 0.6) is 0 Å². The number of carbonyl (C=O) groups is 1. The second-order valence-electron chi connectivity index (χ2n) is 7.54. The fraction of sp³-hybridized carbons (Fsp3) is 0.750. The highest BCUT2D eigenvalue weighted by Crippen LogP contribution is 2.32. The molecule has 2 rings (SSSR count). The van der Waals surface area contributed by atoms with E-state index in [9.17, 15) is 9.90 Å². The van der Waals surface area contributed by atoms with Gasteiger partial charge in [-0.3, -0.25) is 9.48 Å². The Morgan fingerprint density at radius 2 is 2.05 bits per heavy atom. The lowest BCUT2D eigenvalue weighted by molar-refractivity contribution is -0.120. The zero-order valence-corrected chi connectivity index (χ0v) is 13.6. The maximum Gasteiger partial charge on any atom is 0.228 e. The maximum absolute atomic E-state index is 12.1. The molecule has 1 aliphatic carbocycles. The van der Waals surface area contributed by atoms with Crippen molar-refractivity contribution < 1.29 is 9.90 Å². The zero-order chi connectivity index (χ0) is 15.7. The van der Waals surface area contributed by atoms with E-state index in [-0.39, 0.29) is 17.7 Å². The second kappa shape index (κ2) is 5.79. The molecule has 0 saturated heterocycles. The van der Waals surface area contributed by atoms with Crippen LogP contribution >= 0.6 is 0 Å². The number of hydrogen-bond acceptors (Lipinski definition) is 3. The number of aryl methyl sites for hydroxylation is 1. The van der Waals surface area contributed by atoms with Crippen molar-refractivity contribution in [3.63, 3.8) is 0 Å². The predicted octanol–water partition coefficient (Wildman–Crippen LogP) is 2.64. The van der Waals surface area contributed by atoms with Crippen molar-refractivity contribution in [2.24, 2.45) is 12.5 Å². The smallest absolute Gasteiger partial charge is 0.228 e. The molecule has 0 spiro atoms. The standard InChI is InChI=1S/C16H27N3O2/c1-15(2,3)10-12-9-13(19(4)18-12)17-14(20)11-16(21)7-5-6-8-16/h9,21H,5-8,10-11H2,1-4H3,(H,17,20). The minimum Gasteiger partial charge on any atom is -0.389 e. The number of nitrogens with one attached hydrogen (secondary N) is 1. The molecule has 5 nitrogen and oxygen atoms in total. The second-order valence-corrected chi connectivity index (χ2v) is 7.54. The highest BCUT2D eigenvalue weighted by molar-refractivity contribution is 5.90. The number of nitrogens with zero attached hydrogens (tertiary/aromatic N) is 2. The van der Waals surface area contributed by atoms with Crippen LogP contribution in [0.25, 0.3) is 0 Å². The molecule has 1 amide bonds. The van der Waals surface area contributed by atoms with Crippen LogP contribution in [0.15, 0.2) is 6.07 Å². The molecule has 21 heavy (non-hydrogen) atoms. The monoisotopic (exact) mass is 293 g/mol. The summed E-state index contributed by atoms with van der Waals surface area (Å²) in [6, 6.07) is 1.92. The highest BCUT2D eigenvalue weighted by Gasteiger charge is 2.33. The molecule has 118 valence electrons. The molecule has 0 aliphatic heterocycles. The first-order valence-electron chi connectivity index (χ1n) is 7.72. The van der Waals surface area contributed by atoms with Gasteiger partial charge < -0.3 is 10.4 Å². The summed E-state index contributed by atoms with van der Waals surface area (Å²) in [5.74, 6) is 0.561. The van der Waals surface area contributed by atoms with Crippen LogP contribution in [0.4, 0.5) is 5.82 Å². The van der Waals surface area contributed by atoms with Gasteiger partial charge in [0.2, 0.25) is 5.91 Å². The number of amides is 1. The van der Waals surface area contributed by atoms with Crippen molar-refractivity contribution >= 4 is 11.7 Å². The Kier molecular flexibility index (Phi) is 4.42. The molecular weight excluding hydrogens is 266 g/mol. The molecule has 0 aromatic carbocycles. The van der Waals surface area contributed by atoms with Crippen LogP contribution in [0, 0.1) is 5.41 Å². The van der Waals surface area contributed by atoms with Gasteiger partial charge in [0.1, 0.15) is 5.82 Å². The summed E-state index contributed by atoms with van der Waals surface area (Å²) >= 11 is 0. The molecular formula is C16H27N3O2. The summed E-state index contributed by atoms with van der Waals surface area (Å²) in [7, 11) is 1.83. The quantitative estimate of drug-likeness (QED) is 0.897. The summed E-state index contributed by atoms with van der Waals surface area (Å²) in [4.78, 5) is 12.1. The fourth-order valence-electron chi connectivity index (χ4n) is 2.97. The summed E-state index contributed by atoms with van der Waals surface area (Å²) in [5, 5.41) is 17.6. The van der Waals surface area contributed by atoms with Crippen LogP contribution in [0.1, 0.15) is 58.6 Å². The Labute approximate surface area is 126 Å². The first-order chi connectivity index (χ1) is 9.67. The molecule has 1 aromatic rings. The van der Waals surface area contributed by atoms with E-state index in [1.165, 1.54) is 0 Å². The van der Waals surface area contributed by atoms with Crippen molar-refractivity contribution in [2.45, 2.75) is 64.9 Å². The topological polar surface area (TPSA) is 67.2 Å². The van der Waals surface area contributed by atoms with Gasteiger partial charge in [0.15, 0.2) is 0 Å². The van der Waals surface area contributed by atoms with Gasteiger partial charge in [-0.05, 0) is 24.7 Å². The van der Waals surface area contributed by atoms with Gasteiger partial charge in [0.05, 0.1) is 17.7 Å². The van der Waals surface area contributed by atoms with E-state index in [1.54, 1.807) is 4.68 Å². The maximum atomic E-state index is 12.1. The van der Waals surface area contributed by atoms with Crippen LogP contribution in [0.2, 0.25) is 0 Å². The first-order valence-corrected chi connectivity index (χ1v) is 7.72. The molecule has 0 unspecified atom stereocenters. The lowest BCUT2D eigenvalue weighted by Gasteiger charge is -2.20. The Morgan fingerprint density at radius 3 is 2.62 bits per heavy atom. The van der Waals surface area contributed by atoms with Crippen LogP contribution < -0.4 is 5.32 Å². The summed E-state index contributed by atoms with van der Waals surface area (Å²) in [6.45, 7) is 6.49. The third-order valence-electron chi connectivity index (χ3n) is 3.93. The highest BCUT2D eigenvalue weighted by atomic mass is 16.3. The van der Waals surface area contributed by atoms with Crippen molar-refractivity contribution in [3.8, 4) is 0 Å². The van der Waals surface area contributed by atoms with E-state index in [0.717, 1.165) is 37.8 Å². The van der Waals surface area contributed by atoms with Crippen LogP contribution in [-0.2, 0) is 18.3 Å². The van der Waals surface area contributed by atoms with Gasteiger partial charge >= 0.3 is 0 Å². The average molecular weight is 293 g/mol. The lowest BCUT2D eigenvalue weighted by Crippen LogP contribution is -2.31. The molecule has 2 N–H and O–H groups in total. The van der Waals surface area contributed by atoms with E-state index < -0.39 is 5.60 Å². The van der Waals surface area contributed by atoms with Gasteiger partial charge in [-0.15, -0.1) is 0 Å². The van der Waals surface area contributed by atoms with E-state index in [1.807, 2.05) is 13.1 Å². The molecule has 1 heterocycles. The molecule has 1 saturated carbocycles. The minimum absolute atomic E-state index is 0.135. The van der Waals surface area contributed by atoms with Crippen molar-refractivity contribution in [3.05, 3.63) is 11.8 Å². The zero-order valence-electron chi connectivity index (χ0n) is 13.6. The predicted molar refractivity (Wildman–Crippen MR) is 83.0 cm³/mol. The molecule has 1 aliphatic rings. The Bertz CT molecular complexity index is 508. The SMILES string of the molecule is Cn1nc(CC(C)(C)C)cc1NC(=O)CC1(O)CCCC1. The summed E-state index contributed by atoms with van der Waals surface area (Å²) < 4.78 is 1.69. The number of carbonyl (C=O) groups excluding carboxylic acids is 1. The normalized spacial score (nSPS) is 18.0. The molecule has 0 atom stereocenters. The number of rotatable bonds is 4. The van der Waals surface area contributed by atoms with E-state index in [4.69, 9.17) is 0 Å². The van der Waals surface area contributed by atoms with Crippen molar-refractivity contribution in [1.82, 2.24) is 9.78 Å². The molecule has 0 bridgehead atoms. The van der Waals surface area contributed by atoms with Crippen LogP contribution in [-0.4, -0.2) is 26.4 Å². The van der Waals surface area contributed by atoms with E-state index >= 15 is 0 Å². The van der Waals surface area contributed by atoms with Crippen molar-refractivity contribution in [1.29, 1.82) is 0 Å². The van der Waals surface area contributed by atoms with Crippen molar-refractivity contribution in [2.75, 3.05) is 5.32 Å². The fourth-order valence-corrected chi connectivity index (χ4v) is 2.97. The number of anilines is 1. The lowest BCUT2D eigenvalue weighted by atomic mass is 9.91. The van der Waals surface area contributed by atoms with Crippen LogP contribution in [0.3, 0.4) is 0 Å². The molecule has 0 radical (unpaired) electrons. The van der Waals surface area contributed by atoms with Gasteiger partial charge in [-0.2, -0.15) is 5.10 Å².